The van der Waals surface area contributed by atoms with Crippen LogP contribution in [-0.2, 0) is 19.6 Å². The van der Waals surface area contributed by atoms with Gasteiger partial charge in [0.25, 0.3) is 0 Å². The van der Waals surface area contributed by atoms with Crippen LogP contribution in [0.25, 0.3) is 0 Å². The van der Waals surface area contributed by atoms with Crippen LogP contribution in [0.5, 0.6) is 5.75 Å². The number of ether oxygens (including phenoxy) is 1. The second-order valence-electron chi connectivity index (χ2n) is 6.54. The van der Waals surface area contributed by atoms with Gasteiger partial charge in [-0.05, 0) is 31.5 Å². The Kier molecular flexibility index (Phi) is 5.53. The molecule has 0 amide bonds. The molecule has 0 bridgehead atoms. The third kappa shape index (κ3) is 3.97. The Morgan fingerprint density at radius 3 is 2.88 bits per heavy atom. The van der Waals surface area contributed by atoms with E-state index in [1.165, 1.54) is 11.4 Å². The molecule has 1 aromatic heterocycles. The van der Waals surface area contributed by atoms with Crippen LogP contribution in [0.1, 0.15) is 25.2 Å². The molecule has 0 N–H and O–H groups in total. The van der Waals surface area contributed by atoms with Gasteiger partial charge in [-0.15, -0.1) is 0 Å². The Morgan fingerprint density at radius 1 is 1.25 bits per heavy atom. The highest BCUT2D eigenvalue weighted by Gasteiger charge is 2.24. The molecular formula is C19H28N4O. The predicted octanol–water partition coefficient (Wildman–Crippen LogP) is 2.62. The van der Waals surface area contributed by atoms with Gasteiger partial charge in [-0.1, -0.05) is 12.1 Å². The zero-order valence-corrected chi connectivity index (χ0v) is 15.0. The van der Waals surface area contributed by atoms with Crippen molar-refractivity contribution in [1.82, 2.24) is 19.4 Å². The number of hydrogen-bond donors (Lipinski definition) is 0. The summed E-state index contributed by atoms with van der Waals surface area (Å²) in [5, 5.41) is 0. The summed E-state index contributed by atoms with van der Waals surface area (Å²) < 4.78 is 7.56. The molecule has 1 fully saturated rings. The van der Waals surface area contributed by atoms with Crippen molar-refractivity contribution >= 4 is 0 Å². The summed E-state index contributed by atoms with van der Waals surface area (Å²) in [6.45, 7) is 10.7. The summed E-state index contributed by atoms with van der Waals surface area (Å²) >= 11 is 0. The number of piperazine rings is 1. The molecule has 2 aromatic rings. The Labute approximate surface area is 144 Å². The van der Waals surface area contributed by atoms with Crippen LogP contribution in [0.2, 0.25) is 0 Å². The van der Waals surface area contributed by atoms with Crippen LogP contribution in [0.15, 0.2) is 36.7 Å². The number of benzene rings is 1. The molecule has 1 aromatic carbocycles. The summed E-state index contributed by atoms with van der Waals surface area (Å²) in [6, 6.07) is 8.91. The molecule has 3 rings (SSSR count). The number of nitrogens with zero attached hydrogens (tertiary/aromatic N) is 4. The molecule has 0 spiro atoms. The number of methoxy groups -OCH3 is 1. The Hall–Kier alpha value is -1.85. The van der Waals surface area contributed by atoms with E-state index in [1.807, 2.05) is 12.3 Å². The van der Waals surface area contributed by atoms with Gasteiger partial charge in [-0.3, -0.25) is 9.80 Å². The lowest BCUT2D eigenvalue weighted by Crippen LogP contribution is -2.51. The maximum absolute atomic E-state index is 5.33. The number of aryl methyl sites for hydroxylation is 1. The number of hydrogen-bond acceptors (Lipinski definition) is 4. The molecule has 1 atom stereocenters. The number of rotatable bonds is 6. The molecule has 2 heterocycles. The third-order valence-corrected chi connectivity index (χ3v) is 4.88. The standard InChI is InChI=1S/C19H28N4O/c1-4-22-9-8-20-19(22)15-23-11-10-21(13-16(23)2)14-17-6-5-7-18(12-17)24-3/h5-9,12,16H,4,10-11,13-15H2,1-3H3/t16-/m0/s1. The van der Waals surface area contributed by atoms with Crippen molar-refractivity contribution in [3.63, 3.8) is 0 Å². The SMILES string of the molecule is CCn1ccnc1CN1CCN(Cc2cccc(OC)c2)C[C@@H]1C. The normalized spacial score (nSPS) is 19.5. The predicted molar refractivity (Wildman–Crippen MR) is 96.0 cm³/mol. The van der Waals surface area contributed by atoms with Crippen molar-refractivity contribution in [3.05, 3.63) is 48.0 Å². The third-order valence-electron chi connectivity index (χ3n) is 4.88. The minimum absolute atomic E-state index is 0.534. The quantitative estimate of drug-likeness (QED) is 0.816. The first-order valence-electron chi connectivity index (χ1n) is 8.79. The van der Waals surface area contributed by atoms with E-state index < -0.39 is 0 Å². The van der Waals surface area contributed by atoms with Gasteiger partial charge >= 0.3 is 0 Å². The molecule has 24 heavy (non-hydrogen) atoms. The van der Waals surface area contributed by atoms with Crippen LogP contribution < -0.4 is 4.74 Å². The number of aromatic nitrogens is 2. The summed E-state index contributed by atoms with van der Waals surface area (Å²) in [5.74, 6) is 2.11. The summed E-state index contributed by atoms with van der Waals surface area (Å²) in [4.78, 5) is 9.58. The van der Waals surface area contributed by atoms with Crippen molar-refractivity contribution < 1.29 is 4.74 Å². The molecular weight excluding hydrogens is 300 g/mol. The van der Waals surface area contributed by atoms with Gasteiger partial charge in [-0.25, -0.2) is 4.98 Å². The van der Waals surface area contributed by atoms with E-state index >= 15 is 0 Å². The minimum Gasteiger partial charge on any atom is -0.497 e. The van der Waals surface area contributed by atoms with E-state index in [1.54, 1.807) is 7.11 Å². The minimum atomic E-state index is 0.534. The molecule has 1 aliphatic rings. The molecule has 1 aliphatic heterocycles. The van der Waals surface area contributed by atoms with Crippen LogP contribution in [-0.4, -0.2) is 52.1 Å². The first-order valence-corrected chi connectivity index (χ1v) is 8.79. The average molecular weight is 328 g/mol. The van der Waals surface area contributed by atoms with E-state index in [9.17, 15) is 0 Å². The smallest absolute Gasteiger partial charge is 0.122 e. The van der Waals surface area contributed by atoms with E-state index in [0.29, 0.717) is 6.04 Å². The Bertz CT molecular complexity index is 654. The summed E-state index contributed by atoms with van der Waals surface area (Å²) in [6.07, 6.45) is 3.97. The van der Waals surface area contributed by atoms with Crippen molar-refractivity contribution in [3.8, 4) is 5.75 Å². The first-order chi connectivity index (χ1) is 11.7. The van der Waals surface area contributed by atoms with Gasteiger partial charge < -0.3 is 9.30 Å². The van der Waals surface area contributed by atoms with E-state index in [4.69, 9.17) is 4.74 Å². The lowest BCUT2D eigenvalue weighted by molar-refractivity contribution is 0.0705. The molecule has 130 valence electrons. The summed E-state index contributed by atoms with van der Waals surface area (Å²) in [7, 11) is 1.72. The van der Waals surface area contributed by atoms with Crippen molar-refractivity contribution in [2.75, 3.05) is 26.7 Å². The monoisotopic (exact) mass is 328 g/mol. The lowest BCUT2D eigenvalue weighted by atomic mass is 10.1. The van der Waals surface area contributed by atoms with Crippen molar-refractivity contribution in [2.24, 2.45) is 0 Å². The molecule has 0 saturated carbocycles. The zero-order chi connectivity index (χ0) is 16.9. The second kappa shape index (κ2) is 7.81. The molecule has 0 unspecified atom stereocenters. The van der Waals surface area contributed by atoms with Crippen LogP contribution >= 0.6 is 0 Å². The highest BCUT2D eigenvalue weighted by atomic mass is 16.5. The average Bonchev–Trinajstić information content (AvgIpc) is 3.05. The zero-order valence-electron chi connectivity index (χ0n) is 15.0. The topological polar surface area (TPSA) is 33.5 Å². The van der Waals surface area contributed by atoms with Crippen molar-refractivity contribution in [1.29, 1.82) is 0 Å². The highest BCUT2D eigenvalue weighted by Crippen LogP contribution is 2.18. The van der Waals surface area contributed by atoms with Gasteiger partial charge in [0.15, 0.2) is 0 Å². The van der Waals surface area contributed by atoms with Crippen LogP contribution in [0.3, 0.4) is 0 Å². The Balaban J connectivity index is 1.56. The largest absolute Gasteiger partial charge is 0.497 e. The molecule has 1 saturated heterocycles. The Morgan fingerprint density at radius 2 is 2.12 bits per heavy atom. The second-order valence-corrected chi connectivity index (χ2v) is 6.54. The fourth-order valence-electron chi connectivity index (χ4n) is 3.44. The van der Waals surface area contributed by atoms with Crippen molar-refractivity contribution in [2.45, 2.75) is 39.5 Å². The van der Waals surface area contributed by atoms with Gasteiger partial charge in [0.1, 0.15) is 11.6 Å². The fraction of sp³-hybridized carbons (Fsp3) is 0.526. The lowest BCUT2D eigenvalue weighted by Gasteiger charge is -2.39. The maximum atomic E-state index is 5.33. The molecule has 0 aliphatic carbocycles. The van der Waals surface area contributed by atoms with E-state index in [-0.39, 0.29) is 0 Å². The van der Waals surface area contributed by atoms with Crippen LogP contribution in [0.4, 0.5) is 0 Å². The van der Waals surface area contributed by atoms with E-state index in [0.717, 1.165) is 45.0 Å². The first kappa shape index (κ1) is 17.0. The van der Waals surface area contributed by atoms with Gasteiger partial charge in [0, 0.05) is 51.2 Å². The number of imidazole rings is 1. The van der Waals surface area contributed by atoms with Crippen LogP contribution in [0, 0.1) is 0 Å². The molecule has 0 radical (unpaired) electrons. The maximum Gasteiger partial charge on any atom is 0.122 e. The molecule has 5 heteroatoms. The summed E-state index contributed by atoms with van der Waals surface area (Å²) in [5.41, 5.74) is 1.32. The highest BCUT2D eigenvalue weighted by molar-refractivity contribution is 5.28. The van der Waals surface area contributed by atoms with Gasteiger partial charge in [-0.2, -0.15) is 0 Å². The molecule has 5 nitrogen and oxygen atoms in total. The van der Waals surface area contributed by atoms with E-state index in [2.05, 4.69) is 57.6 Å². The fourth-order valence-corrected chi connectivity index (χ4v) is 3.44. The van der Waals surface area contributed by atoms with Gasteiger partial charge in [0.05, 0.1) is 13.7 Å². The van der Waals surface area contributed by atoms with Gasteiger partial charge in [0.2, 0.25) is 0 Å².